The average molecular weight is 1600 g/mol. The molecule has 0 amide bonds. The SMILES string of the molecule is COc1ccc([N+](=O)[O-])c(C(O)C(C)(C)C)c1.COc1ccc([N+](=O)[O-])c(C(OC(=O)[C@@]23CC[C@@](C)(C(=O)O2)C3(C)C)C(C)(C)C)c1.COc1ccc([N+](=O)[O-])c(I)c1.COc1ccc([N+](=O)[O-])c([C@@H](O)C(C)(C)C)c1.COc1ccc([N+](=O)[O-])c([C@@H](OC(=O)[C@@]23CC[C@@](C)(C(=O)O2)C3(C)C)C(C)(C)C)c1. The van der Waals surface area contributed by atoms with Gasteiger partial charge in [-0.2, -0.15) is 0 Å². The minimum absolute atomic E-state index is 0.0896. The van der Waals surface area contributed by atoms with Crippen LogP contribution >= 0.6 is 22.6 Å². The second kappa shape index (κ2) is 32.4. The van der Waals surface area contributed by atoms with Gasteiger partial charge in [-0.1, -0.05) is 111 Å². The Balaban J connectivity index is 0.000000248. The van der Waals surface area contributed by atoms with Crippen molar-refractivity contribution in [3.8, 4) is 28.7 Å². The molecule has 2 heterocycles. The van der Waals surface area contributed by atoms with Gasteiger partial charge in [0.25, 0.3) is 28.4 Å². The highest BCUT2D eigenvalue weighted by atomic mass is 127. The lowest BCUT2D eigenvalue weighted by Gasteiger charge is -2.38. The first-order valence-corrected chi connectivity index (χ1v) is 34.7. The fraction of sp³-hybridized carbons (Fsp3) is 0.547. The highest BCUT2D eigenvalue weighted by Gasteiger charge is 2.78. The third-order valence-corrected chi connectivity index (χ3v) is 21.6. The van der Waals surface area contributed by atoms with E-state index in [1.165, 1.54) is 114 Å². The van der Waals surface area contributed by atoms with E-state index in [4.69, 9.17) is 42.6 Å². The predicted octanol–water partition coefficient (Wildman–Crippen LogP) is 16.3. The first kappa shape index (κ1) is 87.3. The van der Waals surface area contributed by atoms with Crippen molar-refractivity contribution in [1.82, 2.24) is 0 Å². The van der Waals surface area contributed by atoms with Crippen LogP contribution in [-0.2, 0) is 38.1 Å². The van der Waals surface area contributed by atoms with Crippen molar-refractivity contribution in [2.45, 2.75) is 186 Å². The molecule has 0 spiro atoms. The number of nitro benzene ring substituents is 5. The minimum atomic E-state index is -1.41. The number of carbonyl (C=O) groups is 4. The van der Waals surface area contributed by atoms with Crippen molar-refractivity contribution < 1.29 is 96.6 Å². The van der Waals surface area contributed by atoms with Crippen LogP contribution in [-0.4, -0.2) is 105 Å². The van der Waals surface area contributed by atoms with Crippen molar-refractivity contribution >= 4 is 74.9 Å². The summed E-state index contributed by atoms with van der Waals surface area (Å²) >= 11 is 1.90. The van der Waals surface area contributed by atoms with Crippen LogP contribution < -0.4 is 23.7 Å². The molecule has 9 rings (SSSR count). The molecule has 2 aliphatic heterocycles. The number of hydrogen-bond donors (Lipinski definition) is 2. The minimum Gasteiger partial charge on any atom is -0.497 e. The van der Waals surface area contributed by atoms with Gasteiger partial charge < -0.3 is 52.8 Å². The van der Waals surface area contributed by atoms with Crippen LogP contribution in [0.4, 0.5) is 28.4 Å². The quantitative estimate of drug-likeness (QED) is 0.0270. The number of nitrogens with zero attached hydrogens (tertiary/aromatic N) is 5. The summed E-state index contributed by atoms with van der Waals surface area (Å²) in [5.41, 5.74) is -7.55. The van der Waals surface area contributed by atoms with E-state index >= 15 is 0 Å². The zero-order valence-corrected chi connectivity index (χ0v) is 66.4. The Labute approximate surface area is 629 Å². The molecular weight excluding hydrogens is 1500 g/mol. The van der Waals surface area contributed by atoms with Crippen molar-refractivity contribution in [2.24, 2.45) is 43.3 Å². The van der Waals surface area contributed by atoms with Crippen molar-refractivity contribution in [1.29, 1.82) is 0 Å². The number of methoxy groups -OCH3 is 5. The van der Waals surface area contributed by atoms with Gasteiger partial charge in [-0.05, 0) is 128 Å². The van der Waals surface area contributed by atoms with Gasteiger partial charge in [-0.3, -0.25) is 60.2 Å². The predicted molar refractivity (Wildman–Crippen MR) is 396 cm³/mol. The highest BCUT2D eigenvalue weighted by Crippen LogP contribution is 2.68. The fourth-order valence-corrected chi connectivity index (χ4v) is 13.8. The van der Waals surface area contributed by atoms with Crippen LogP contribution in [0.5, 0.6) is 28.7 Å². The molecule has 2 N–H and O–H groups in total. The Kier molecular flexibility index (Phi) is 26.7. The maximum absolute atomic E-state index is 13.5. The summed E-state index contributed by atoms with van der Waals surface area (Å²) < 4.78 is 49.1. The maximum Gasteiger partial charge on any atom is 0.351 e. The van der Waals surface area contributed by atoms with Gasteiger partial charge in [0.05, 0.1) is 109 Å². The summed E-state index contributed by atoms with van der Waals surface area (Å²) in [5, 5.41) is 75.8. The average Bonchev–Trinajstić information content (AvgIpc) is 1.53. The Hall–Kier alpha value is -9.37. The number of fused-ring (bicyclic) bond motifs is 4. The lowest BCUT2D eigenvalue weighted by atomic mass is 9.66. The standard InChI is InChI=1S/2C22H29NO7.2C12H17NO4.C7H6INO3/c2*1-19(2,3)16(14-12-13(28-7)8-9-15(14)23(26)27)29-18(25)22-11-10-21(6,17(24)30-22)20(22,4)5;2*1-12(2,3)11(14)9-7-8(17-4)5-6-10(9)13(15)16;1-12-5-2-3-7(9(10)11)6(8)4-5/h2*8-9,12,16H,10-11H2,1-7H3;2*5-7,11,14H,1-4H3;2-4H,1H3/t16?,21-,22+;16-,21+,22-;11-;;/m011../s1. The molecule has 4 bridgehead atoms. The molecule has 0 aromatic heterocycles. The van der Waals surface area contributed by atoms with Crippen molar-refractivity contribution in [3.05, 3.63) is 167 Å². The molecule has 5 aromatic rings. The molecule has 31 heteroatoms. The van der Waals surface area contributed by atoms with E-state index in [2.05, 4.69) is 0 Å². The molecule has 2 saturated carbocycles. The van der Waals surface area contributed by atoms with Gasteiger partial charge in [0, 0.05) is 58.1 Å². The summed E-state index contributed by atoms with van der Waals surface area (Å²) in [6.07, 6.45) is -1.97. The number of aliphatic hydroxyl groups is 2. The summed E-state index contributed by atoms with van der Waals surface area (Å²) in [5.74, 6) is 0.303. The third kappa shape index (κ3) is 17.5. The number of aliphatic hydroxyl groups excluding tert-OH is 2. The number of benzene rings is 5. The van der Waals surface area contributed by atoms with E-state index in [-0.39, 0.29) is 50.7 Å². The fourth-order valence-electron chi connectivity index (χ4n) is 13.1. The molecule has 2 unspecified atom stereocenters. The third-order valence-electron chi connectivity index (χ3n) is 20.7. The van der Waals surface area contributed by atoms with Crippen LogP contribution in [0.3, 0.4) is 0 Å². The normalized spacial score (nSPS) is 21.2. The van der Waals surface area contributed by atoms with Crippen molar-refractivity contribution in [3.63, 3.8) is 0 Å². The van der Waals surface area contributed by atoms with E-state index in [1.54, 1.807) is 12.1 Å². The molecule has 30 nitrogen and oxygen atoms in total. The molecule has 4 fully saturated rings. The monoisotopic (exact) mass is 1600 g/mol. The molecule has 5 aromatic carbocycles. The van der Waals surface area contributed by atoms with Gasteiger partial charge in [0.1, 0.15) is 41.0 Å². The Bertz CT molecular complexity index is 3940. The second-order valence-electron chi connectivity index (χ2n) is 32.0. The van der Waals surface area contributed by atoms with E-state index in [1.807, 2.05) is 147 Å². The summed E-state index contributed by atoms with van der Waals surface area (Å²) in [7, 11) is 7.41. The molecule has 2 saturated heterocycles. The largest absolute Gasteiger partial charge is 0.497 e. The topological polar surface area (TPSA) is 408 Å². The second-order valence-corrected chi connectivity index (χ2v) is 33.2. The zero-order valence-electron chi connectivity index (χ0n) is 64.2. The van der Waals surface area contributed by atoms with Crippen molar-refractivity contribution in [2.75, 3.05) is 35.5 Å². The van der Waals surface area contributed by atoms with Crippen LogP contribution in [0, 0.1) is 97.5 Å². The van der Waals surface area contributed by atoms with Gasteiger partial charge in [0.2, 0.25) is 11.2 Å². The highest BCUT2D eigenvalue weighted by molar-refractivity contribution is 14.1. The van der Waals surface area contributed by atoms with Crippen LogP contribution in [0.15, 0.2) is 91.0 Å². The molecule has 4 aliphatic rings. The number of rotatable bonds is 18. The van der Waals surface area contributed by atoms with E-state index in [9.17, 15) is 80.0 Å². The smallest absolute Gasteiger partial charge is 0.351 e. The lowest BCUT2D eigenvalue weighted by Crippen LogP contribution is -2.49. The van der Waals surface area contributed by atoms with Gasteiger partial charge in [-0.15, -0.1) is 0 Å². The van der Waals surface area contributed by atoms with Gasteiger partial charge in [-0.25, -0.2) is 9.59 Å². The molecule has 0 radical (unpaired) electrons. The molecule has 580 valence electrons. The molecule has 2 aliphatic carbocycles. The summed E-state index contributed by atoms with van der Waals surface area (Å²) in [6, 6.07) is 22.1. The first-order chi connectivity index (χ1) is 48.6. The van der Waals surface area contributed by atoms with Gasteiger partial charge >= 0.3 is 23.9 Å². The van der Waals surface area contributed by atoms with Crippen LogP contribution in [0.1, 0.15) is 197 Å². The lowest BCUT2D eigenvalue weighted by molar-refractivity contribution is -0.386. The number of hydrogen-bond acceptors (Lipinski definition) is 25. The summed E-state index contributed by atoms with van der Waals surface area (Å²) in [4.78, 5) is 105. The number of esters is 4. The Morgan fingerprint density at radius 2 is 0.642 bits per heavy atom. The Morgan fingerprint density at radius 1 is 0.406 bits per heavy atom. The zero-order chi connectivity index (χ0) is 81.0. The van der Waals surface area contributed by atoms with E-state index in [0.717, 1.165) is 0 Å². The number of halogens is 1. The molecule has 106 heavy (non-hydrogen) atoms. The Morgan fingerprint density at radius 3 is 0.840 bits per heavy atom. The van der Waals surface area contributed by atoms with Gasteiger partial charge in [0.15, 0.2) is 0 Å². The summed E-state index contributed by atoms with van der Waals surface area (Å²) in [6.45, 7) is 32.9. The first-order valence-electron chi connectivity index (χ1n) is 33.6. The molecular formula is C75H98IN5O25. The number of nitro groups is 5. The maximum atomic E-state index is 13.5. The molecule has 8 atom stereocenters. The van der Waals surface area contributed by atoms with E-state index < -0.39 is 127 Å². The van der Waals surface area contributed by atoms with Crippen LogP contribution in [0.25, 0.3) is 0 Å². The number of ether oxygens (including phenoxy) is 9. The number of carbonyl (C=O) groups excluding carboxylic acids is 4. The van der Waals surface area contributed by atoms with E-state index in [0.29, 0.717) is 58.0 Å². The van der Waals surface area contributed by atoms with Crippen LogP contribution in [0.2, 0.25) is 0 Å².